The Labute approximate surface area is 103 Å². The molecule has 0 atom stereocenters. The second-order valence-corrected chi connectivity index (χ2v) is 6.35. The second kappa shape index (κ2) is 5.83. The van der Waals surface area contributed by atoms with Gasteiger partial charge in [-0.05, 0) is 49.0 Å². The van der Waals surface area contributed by atoms with Crippen LogP contribution < -0.4 is 5.32 Å². The van der Waals surface area contributed by atoms with Crippen molar-refractivity contribution in [2.45, 2.75) is 52.1 Å². The minimum absolute atomic E-state index is 0.761. The van der Waals surface area contributed by atoms with E-state index in [2.05, 4.69) is 36.7 Å². The summed E-state index contributed by atoms with van der Waals surface area (Å²) < 4.78 is 0. The van der Waals surface area contributed by atoms with Crippen LogP contribution in [-0.2, 0) is 6.54 Å². The lowest BCUT2D eigenvalue weighted by atomic mass is 9.80. The van der Waals surface area contributed by atoms with Gasteiger partial charge in [0.1, 0.15) is 0 Å². The van der Waals surface area contributed by atoms with Gasteiger partial charge in [0.25, 0.3) is 0 Å². The molecule has 1 N–H and O–H groups in total. The predicted molar refractivity (Wildman–Crippen MR) is 71.7 cm³/mol. The summed E-state index contributed by atoms with van der Waals surface area (Å²) in [4.78, 5) is 1.46. The Kier molecular flexibility index (Phi) is 4.42. The quantitative estimate of drug-likeness (QED) is 0.833. The molecule has 90 valence electrons. The van der Waals surface area contributed by atoms with Gasteiger partial charge in [0.2, 0.25) is 0 Å². The van der Waals surface area contributed by atoms with Crippen LogP contribution in [0.2, 0.25) is 0 Å². The average Bonchev–Trinajstić information content (AvgIpc) is 2.80. The third kappa shape index (κ3) is 3.33. The molecule has 0 saturated heterocycles. The first-order valence-electron chi connectivity index (χ1n) is 6.51. The van der Waals surface area contributed by atoms with E-state index in [1.807, 2.05) is 11.3 Å². The van der Waals surface area contributed by atoms with Crippen LogP contribution in [-0.4, -0.2) is 6.04 Å². The Balaban J connectivity index is 1.69. The molecule has 0 bridgehead atoms. The zero-order chi connectivity index (χ0) is 11.4. The number of thiophene rings is 1. The molecule has 1 nitrogen and oxygen atoms in total. The van der Waals surface area contributed by atoms with Crippen molar-refractivity contribution in [2.75, 3.05) is 0 Å². The first-order valence-corrected chi connectivity index (χ1v) is 7.39. The SMILES string of the molecule is CC(C)C1CCC(NCc2cccs2)CC1. The molecule has 2 heteroatoms. The Morgan fingerprint density at radius 3 is 2.62 bits per heavy atom. The van der Waals surface area contributed by atoms with Crippen LogP contribution in [0.15, 0.2) is 17.5 Å². The second-order valence-electron chi connectivity index (χ2n) is 5.32. The minimum atomic E-state index is 0.761. The third-order valence-corrected chi connectivity index (χ3v) is 4.74. The van der Waals surface area contributed by atoms with Crippen molar-refractivity contribution < 1.29 is 0 Å². The van der Waals surface area contributed by atoms with Gasteiger partial charge in [0.05, 0.1) is 0 Å². The van der Waals surface area contributed by atoms with Crippen LogP contribution in [0, 0.1) is 11.8 Å². The largest absolute Gasteiger partial charge is 0.309 e. The Morgan fingerprint density at radius 2 is 2.06 bits per heavy atom. The predicted octanol–water partition coefficient (Wildman–Crippen LogP) is 4.05. The molecule has 0 amide bonds. The fraction of sp³-hybridized carbons (Fsp3) is 0.714. The molecule has 2 rings (SSSR count). The molecule has 1 heterocycles. The molecule has 0 spiro atoms. The highest BCUT2D eigenvalue weighted by atomic mass is 32.1. The van der Waals surface area contributed by atoms with Gasteiger partial charge in [-0.25, -0.2) is 0 Å². The fourth-order valence-electron chi connectivity index (χ4n) is 2.65. The maximum Gasteiger partial charge on any atom is 0.0302 e. The van der Waals surface area contributed by atoms with E-state index in [4.69, 9.17) is 0 Å². The van der Waals surface area contributed by atoms with E-state index in [0.717, 1.165) is 24.4 Å². The van der Waals surface area contributed by atoms with Crippen LogP contribution in [0.5, 0.6) is 0 Å². The topological polar surface area (TPSA) is 12.0 Å². The van der Waals surface area contributed by atoms with E-state index in [9.17, 15) is 0 Å². The average molecular weight is 237 g/mol. The number of hydrogen-bond acceptors (Lipinski definition) is 2. The standard InChI is InChI=1S/C14H23NS/c1-11(2)12-5-7-13(8-6-12)15-10-14-4-3-9-16-14/h3-4,9,11-13,15H,5-8,10H2,1-2H3. The lowest BCUT2D eigenvalue weighted by Crippen LogP contribution is -2.33. The first-order chi connectivity index (χ1) is 7.75. The molecular formula is C14H23NS. The van der Waals surface area contributed by atoms with Crippen LogP contribution in [0.1, 0.15) is 44.4 Å². The molecule has 1 aromatic rings. The molecule has 0 unspecified atom stereocenters. The van der Waals surface area contributed by atoms with Gasteiger partial charge < -0.3 is 5.32 Å². The first kappa shape index (κ1) is 12.1. The molecule has 0 radical (unpaired) electrons. The summed E-state index contributed by atoms with van der Waals surface area (Å²) in [5.41, 5.74) is 0. The Bertz CT molecular complexity index is 284. The number of nitrogens with one attached hydrogen (secondary N) is 1. The summed E-state index contributed by atoms with van der Waals surface area (Å²) in [6.45, 7) is 5.79. The minimum Gasteiger partial charge on any atom is -0.309 e. The van der Waals surface area contributed by atoms with E-state index in [0.29, 0.717) is 0 Å². The summed E-state index contributed by atoms with van der Waals surface area (Å²) in [6, 6.07) is 5.12. The van der Waals surface area contributed by atoms with Crippen molar-refractivity contribution in [1.82, 2.24) is 5.32 Å². The van der Waals surface area contributed by atoms with E-state index < -0.39 is 0 Å². The highest BCUT2D eigenvalue weighted by Crippen LogP contribution is 2.30. The molecule has 1 fully saturated rings. The maximum atomic E-state index is 3.69. The van der Waals surface area contributed by atoms with E-state index >= 15 is 0 Å². The molecule has 16 heavy (non-hydrogen) atoms. The van der Waals surface area contributed by atoms with Crippen molar-refractivity contribution >= 4 is 11.3 Å². The van der Waals surface area contributed by atoms with Gasteiger partial charge in [-0.1, -0.05) is 19.9 Å². The van der Waals surface area contributed by atoms with Crippen LogP contribution in [0.25, 0.3) is 0 Å². The molecule has 0 aromatic carbocycles. The smallest absolute Gasteiger partial charge is 0.0302 e. The van der Waals surface area contributed by atoms with Crippen LogP contribution in [0.4, 0.5) is 0 Å². The van der Waals surface area contributed by atoms with Crippen molar-refractivity contribution in [2.24, 2.45) is 11.8 Å². The normalized spacial score (nSPS) is 26.2. The molecule has 1 aromatic heterocycles. The monoisotopic (exact) mass is 237 g/mol. The lowest BCUT2D eigenvalue weighted by molar-refractivity contribution is 0.238. The lowest BCUT2D eigenvalue weighted by Gasteiger charge is -2.31. The summed E-state index contributed by atoms with van der Waals surface area (Å²) in [5, 5.41) is 5.85. The highest BCUT2D eigenvalue weighted by molar-refractivity contribution is 7.09. The summed E-state index contributed by atoms with van der Waals surface area (Å²) in [6.07, 6.45) is 5.57. The molecule has 0 aliphatic heterocycles. The van der Waals surface area contributed by atoms with Crippen molar-refractivity contribution in [1.29, 1.82) is 0 Å². The van der Waals surface area contributed by atoms with E-state index in [1.54, 1.807) is 0 Å². The molecule has 1 aliphatic carbocycles. The summed E-state index contributed by atoms with van der Waals surface area (Å²) in [5.74, 6) is 1.85. The van der Waals surface area contributed by atoms with Crippen LogP contribution in [0.3, 0.4) is 0 Å². The fourth-order valence-corrected chi connectivity index (χ4v) is 3.30. The van der Waals surface area contributed by atoms with E-state index in [-0.39, 0.29) is 0 Å². The van der Waals surface area contributed by atoms with Gasteiger partial charge in [0.15, 0.2) is 0 Å². The van der Waals surface area contributed by atoms with Gasteiger partial charge in [-0.2, -0.15) is 0 Å². The zero-order valence-electron chi connectivity index (χ0n) is 10.4. The van der Waals surface area contributed by atoms with Crippen LogP contribution >= 0.6 is 11.3 Å². The number of hydrogen-bond donors (Lipinski definition) is 1. The molecule has 1 aliphatic rings. The van der Waals surface area contributed by atoms with Gasteiger partial charge in [-0.3, -0.25) is 0 Å². The summed E-state index contributed by atoms with van der Waals surface area (Å²) >= 11 is 1.85. The molecular weight excluding hydrogens is 214 g/mol. The third-order valence-electron chi connectivity index (χ3n) is 3.86. The van der Waals surface area contributed by atoms with E-state index in [1.165, 1.54) is 30.6 Å². The Morgan fingerprint density at radius 1 is 1.31 bits per heavy atom. The summed E-state index contributed by atoms with van der Waals surface area (Å²) in [7, 11) is 0. The maximum absolute atomic E-state index is 3.69. The van der Waals surface area contributed by atoms with Crippen molar-refractivity contribution in [3.05, 3.63) is 22.4 Å². The Hall–Kier alpha value is -0.340. The number of rotatable bonds is 4. The van der Waals surface area contributed by atoms with Gasteiger partial charge >= 0.3 is 0 Å². The zero-order valence-corrected chi connectivity index (χ0v) is 11.2. The molecule has 1 saturated carbocycles. The van der Waals surface area contributed by atoms with Crippen molar-refractivity contribution in [3.63, 3.8) is 0 Å². The van der Waals surface area contributed by atoms with Crippen molar-refractivity contribution in [3.8, 4) is 0 Å². The van der Waals surface area contributed by atoms with Gasteiger partial charge in [0, 0.05) is 17.5 Å². The highest BCUT2D eigenvalue weighted by Gasteiger charge is 2.22. The van der Waals surface area contributed by atoms with Gasteiger partial charge in [-0.15, -0.1) is 11.3 Å².